The van der Waals surface area contributed by atoms with Gasteiger partial charge in [0.15, 0.2) is 0 Å². The van der Waals surface area contributed by atoms with Crippen molar-refractivity contribution >= 4 is 34.8 Å². The molecule has 2 N–H and O–H groups in total. The molecule has 3 rings (SSSR count). The Labute approximate surface area is 170 Å². The lowest BCUT2D eigenvalue weighted by molar-refractivity contribution is 0.0923. The first-order valence-electron chi connectivity index (χ1n) is 9.35. The number of hydrogen-bond acceptors (Lipinski definition) is 3. The minimum Gasteiger partial charge on any atom is -0.383 e. The van der Waals surface area contributed by atoms with Crippen LogP contribution in [0.15, 0.2) is 30.5 Å². The van der Waals surface area contributed by atoms with Gasteiger partial charge in [-0.1, -0.05) is 34.8 Å². The van der Waals surface area contributed by atoms with E-state index in [0.717, 1.165) is 49.2 Å². The molecule has 0 saturated heterocycles. The van der Waals surface area contributed by atoms with E-state index in [-0.39, 0.29) is 11.9 Å². The van der Waals surface area contributed by atoms with Crippen molar-refractivity contribution in [3.05, 3.63) is 57.3 Å². The number of nitrogens with zero attached hydrogens (tertiary/aromatic N) is 1. The molecule has 1 aliphatic carbocycles. The van der Waals surface area contributed by atoms with Gasteiger partial charge in [0.25, 0.3) is 5.91 Å². The number of benzene rings is 1. The third-order valence-corrected chi connectivity index (χ3v) is 5.88. The molecule has 144 valence electrons. The molecule has 2 aromatic rings. The van der Waals surface area contributed by atoms with Crippen molar-refractivity contribution in [3.63, 3.8) is 0 Å². The molecule has 0 spiro atoms. The van der Waals surface area contributed by atoms with E-state index < -0.39 is 0 Å². The van der Waals surface area contributed by atoms with Crippen LogP contribution >= 0.6 is 23.2 Å². The Morgan fingerprint density at radius 2 is 1.85 bits per heavy atom. The normalized spacial score (nSPS) is 19.6. The molecular formula is C21H25Cl2N3O. The lowest BCUT2D eigenvalue weighted by atomic mass is 9.86. The van der Waals surface area contributed by atoms with Crippen LogP contribution in [0.2, 0.25) is 10.0 Å². The summed E-state index contributed by atoms with van der Waals surface area (Å²) in [7, 11) is 0. The SMILES string of the molecule is Cc1ccc(Cl)c(C(=O)NC2CCC(CNc3cnc(C)c(Cl)c3)CC2)c1. The number of rotatable bonds is 5. The maximum Gasteiger partial charge on any atom is 0.253 e. The summed E-state index contributed by atoms with van der Waals surface area (Å²) in [5, 5.41) is 7.75. The molecule has 27 heavy (non-hydrogen) atoms. The number of pyridine rings is 1. The van der Waals surface area contributed by atoms with Gasteiger partial charge in [0, 0.05) is 12.6 Å². The van der Waals surface area contributed by atoms with E-state index in [0.29, 0.717) is 21.5 Å². The Bertz CT molecular complexity index is 817. The minimum atomic E-state index is -0.0781. The fraction of sp³-hybridized carbons (Fsp3) is 0.429. The van der Waals surface area contributed by atoms with Gasteiger partial charge < -0.3 is 10.6 Å². The minimum absolute atomic E-state index is 0.0781. The van der Waals surface area contributed by atoms with E-state index in [1.807, 2.05) is 38.2 Å². The fourth-order valence-corrected chi connectivity index (χ4v) is 3.82. The molecule has 1 aliphatic rings. The Kier molecular flexibility index (Phi) is 6.61. The maximum absolute atomic E-state index is 12.5. The van der Waals surface area contributed by atoms with Gasteiger partial charge in [-0.15, -0.1) is 0 Å². The second-order valence-electron chi connectivity index (χ2n) is 7.35. The second kappa shape index (κ2) is 8.94. The number of anilines is 1. The second-order valence-corrected chi connectivity index (χ2v) is 8.16. The molecule has 1 saturated carbocycles. The number of carbonyl (C=O) groups excluding carboxylic acids is 1. The molecule has 6 heteroatoms. The molecule has 1 aromatic carbocycles. The molecular weight excluding hydrogens is 381 g/mol. The Morgan fingerprint density at radius 1 is 1.11 bits per heavy atom. The molecule has 0 radical (unpaired) electrons. The van der Waals surface area contributed by atoms with Gasteiger partial charge in [0.05, 0.1) is 33.2 Å². The summed E-state index contributed by atoms with van der Waals surface area (Å²) < 4.78 is 0. The van der Waals surface area contributed by atoms with Crippen molar-refractivity contribution in [1.82, 2.24) is 10.3 Å². The number of aryl methyl sites for hydroxylation is 2. The Hall–Kier alpha value is -1.78. The third-order valence-electron chi connectivity index (χ3n) is 5.17. The van der Waals surface area contributed by atoms with Crippen LogP contribution in [0.4, 0.5) is 5.69 Å². The van der Waals surface area contributed by atoms with Crippen molar-refractivity contribution in [3.8, 4) is 0 Å². The number of aromatic nitrogens is 1. The predicted octanol–water partition coefficient (Wildman–Crippen LogP) is 5.41. The number of carbonyl (C=O) groups is 1. The summed E-state index contributed by atoms with van der Waals surface area (Å²) >= 11 is 12.3. The van der Waals surface area contributed by atoms with Gasteiger partial charge in [0.1, 0.15) is 0 Å². The average Bonchev–Trinajstić information content (AvgIpc) is 2.65. The summed E-state index contributed by atoms with van der Waals surface area (Å²) in [5.74, 6) is 0.506. The van der Waals surface area contributed by atoms with Crippen LogP contribution in [0.5, 0.6) is 0 Å². The van der Waals surface area contributed by atoms with E-state index in [4.69, 9.17) is 23.2 Å². The van der Waals surface area contributed by atoms with Crippen LogP contribution in [-0.4, -0.2) is 23.5 Å². The molecule has 0 atom stereocenters. The zero-order chi connectivity index (χ0) is 19.4. The Balaban J connectivity index is 1.46. The lowest BCUT2D eigenvalue weighted by Gasteiger charge is -2.29. The van der Waals surface area contributed by atoms with Gasteiger partial charge in [-0.05, 0) is 63.6 Å². The van der Waals surface area contributed by atoms with Crippen LogP contribution in [0, 0.1) is 19.8 Å². The largest absolute Gasteiger partial charge is 0.383 e. The topological polar surface area (TPSA) is 54.0 Å². The monoisotopic (exact) mass is 405 g/mol. The first-order valence-corrected chi connectivity index (χ1v) is 10.1. The first kappa shape index (κ1) is 20.0. The molecule has 1 aromatic heterocycles. The van der Waals surface area contributed by atoms with E-state index in [1.165, 1.54) is 0 Å². The van der Waals surface area contributed by atoms with Gasteiger partial charge in [-0.3, -0.25) is 9.78 Å². The molecule has 1 amide bonds. The summed E-state index contributed by atoms with van der Waals surface area (Å²) in [5.41, 5.74) is 3.39. The summed E-state index contributed by atoms with van der Waals surface area (Å²) in [6, 6.07) is 7.66. The highest BCUT2D eigenvalue weighted by Crippen LogP contribution is 2.26. The highest BCUT2D eigenvalue weighted by Gasteiger charge is 2.23. The number of hydrogen-bond donors (Lipinski definition) is 2. The molecule has 1 fully saturated rings. The van der Waals surface area contributed by atoms with E-state index >= 15 is 0 Å². The van der Waals surface area contributed by atoms with Crippen LogP contribution in [-0.2, 0) is 0 Å². The standard InChI is InChI=1S/C21H25Cl2N3O/c1-13-3-8-19(22)18(9-13)21(27)26-16-6-4-15(5-7-16)11-25-17-10-20(23)14(2)24-12-17/h3,8-10,12,15-16,25H,4-7,11H2,1-2H3,(H,26,27). The number of halogens is 2. The van der Waals surface area contributed by atoms with Crippen LogP contribution in [0.3, 0.4) is 0 Å². The first-order chi connectivity index (χ1) is 12.9. The van der Waals surface area contributed by atoms with Crippen molar-refractivity contribution in [2.24, 2.45) is 5.92 Å². The average molecular weight is 406 g/mol. The predicted molar refractivity (Wildman–Crippen MR) is 112 cm³/mol. The quantitative estimate of drug-likeness (QED) is 0.699. The molecule has 4 nitrogen and oxygen atoms in total. The Morgan fingerprint density at radius 3 is 2.56 bits per heavy atom. The highest BCUT2D eigenvalue weighted by atomic mass is 35.5. The lowest BCUT2D eigenvalue weighted by Crippen LogP contribution is -2.38. The molecule has 1 heterocycles. The third kappa shape index (κ3) is 5.36. The zero-order valence-corrected chi connectivity index (χ0v) is 17.2. The van der Waals surface area contributed by atoms with Crippen molar-refractivity contribution in [1.29, 1.82) is 0 Å². The highest BCUT2D eigenvalue weighted by molar-refractivity contribution is 6.33. The van der Waals surface area contributed by atoms with Crippen molar-refractivity contribution in [2.75, 3.05) is 11.9 Å². The van der Waals surface area contributed by atoms with Gasteiger partial charge in [-0.2, -0.15) is 0 Å². The van der Waals surface area contributed by atoms with E-state index in [1.54, 1.807) is 6.07 Å². The number of amides is 1. The van der Waals surface area contributed by atoms with Crippen molar-refractivity contribution < 1.29 is 4.79 Å². The summed E-state index contributed by atoms with van der Waals surface area (Å²) in [6.45, 7) is 4.75. The molecule has 0 aliphatic heterocycles. The summed E-state index contributed by atoms with van der Waals surface area (Å²) in [4.78, 5) is 16.8. The van der Waals surface area contributed by atoms with Gasteiger partial charge >= 0.3 is 0 Å². The van der Waals surface area contributed by atoms with E-state index in [9.17, 15) is 4.79 Å². The van der Waals surface area contributed by atoms with Crippen LogP contribution < -0.4 is 10.6 Å². The maximum atomic E-state index is 12.5. The zero-order valence-electron chi connectivity index (χ0n) is 15.7. The number of nitrogens with one attached hydrogen (secondary N) is 2. The smallest absolute Gasteiger partial charge is 0.253 e. The van der Waals surface area contributed by atoms with Gasteiger partial charge in [0.2, 0.25) is 0 Å². The molecule has 0 bridgehead atoms. The molecule has 0 unspecified atom stereocenters. The summed E-state index contributed by atoms with van der Waals surface area (Å²) in [6.07, 6.45) is 5.93. The fourth-order valence-electron chi connectivity index (χ4n) is 3.45. The van der Waals surface area contributed by atoms with Crippen molar-refractivity contribution in [2.45, 2.75) is 45.6 Å². The van der Waals surface area contributed by atoms with Crippen LogP contribution in [0.1, 0.15) is 47.3 Å². The van der Waals surface area contributed by atoms with E-state index in [2.05, 4.69) is 15.6 Å². The van der Waals surface area contributed by atoms with Crippen LogP contribution in [0.25, 0.3) is 0 Å². The van der Waals surface area contributed by atoms with Gasteiger partial charge in [-0.25, -0.2) is 0 Å².